The number of rotatable bonds is 24. The minimum absolute atomic E-state index is 0.197. The molecule has 47 heavy (non-hydrogen) atoms. The van der Waals surface area contributed by atoms with Gasteiger partial charge in [-0.15, -0.1) is 0 Å². The summed E-state index contributed by atoms with van der Waals surface area (Å²) in [4.78, 5) is 13.6. The van der Waals surface area contributed by atoms with Gasteiger partial charge in [-0.05, 0) is 56.6 Å². The second kappa shape index (κ2) is 18.8. The van der Waals surface area contributed by atoms with Crippen LogP contribution in [0.4, 0.5) is 11.8 Å². The molecule has 11 heteroatoms. The van der Waals surface area contributed by atoms with Crippen molar-refractivity contribution in [2.45, 2.75) is 141 Å². The van der Waals surface area contributed by atoms with Crippen LogP contribution in [0.15, 0.2) is 36.7 Å². The summed E-state index contributed by atoms with van der Waals surface area (Å²) in [5, 5.41) is 3.43. The molecule has 260 valence electrons. The van der Waals surface area contributed by atoms with E-state index in [0.717, 1.165) is 56.1 Å². The van der Waals surface area contributed by atoms with Crippen LogP contribution in [-0.2, 0) is 13.6 Å². The summed E-state index contributed by atoms with van der Waals surface area (Å²) in [6.07, 6.45) is 24.8. The molecule has 2 aliphatic carbocycles. The Balaban J connectivity index is 1.03. The molecule has 3 atom stereocenters. The SMILES string of the molecule is CCCCCCCCCCCCCCCCOP(=O)(OCC1CCC(n2cnc3c(NC4CC4)nc(N)nc32)C1)Oc1ccccc1. The van der Waals surface area contributed by atoms with Crippen molar-refractivity contribution in [1.29, 1.82) is 0 Å². The fourth-order valence-electron chi connectivity index (χ4n) is 6.54. The Morgan fingerprint density at radius 3 is 2.17 bits per heavy atom. The first kappa shape index (κ1) is 35.6. The van der Waals surface area contributed by atoms with Crippen molar-refractivity contribution >= 4 is 30.8 Å². The summed E-state index contributed by atoms with van der Waals surface area (Å²) in [6.45, 7) is 2.93. The zero-order chi connectivity index (χ0) is 32.7. The van der Waals surface area contributed by atoms with E-state index < -0.39 is 7.82 Å². The first-order valence-corrected chi connectivity index (χ1v) is 19.9. The van der Waals surface area contributed by atoms with E-state index in [1.165, 1.54) is 77.0 Å². The molecule has 3 unspecified atom stereocenters. The normalized spacial score (nSPS) is 19.3. The number of anilines is 2. The lowest BCUT2D eigenvalue weighted by atomic mass is 10.0. The number of nitrogen functional groups attached to an aromatic ring is 1. The van der Waals surface area contributed by atoms with Crippen LogP contribution in [0.2, 0.25) is 0 Å². The number of nitrogens with zero attached hydrogens (tertiary/aromatic N) is 4. The van der Waals surface area contributed by atoms with Crippen LogP contribution in [0.1, 0.15) is 135 Å². The largest absolute Gasteiger partial charge is 0.530 e. The van der Waals surface area contributed by atoms with E-state index in [4.69, 9.17) is 19.3 Å². The first-order chi connectivity index (χ1) is 23.0. The molecule has 2 aromatic heterocycles. The maximum absolute atomic E-state index is 13.8. The average Bonchev–Trinajstić information content (AvgIpc) is 3.58. The molecule has 5 rings (SSSR count). The zero-order valence-electron chi connectivity index (χ0n) is 28.5. The molecule has 1 aromatic carbocycles. The molecule has 0 saturated heterocycles. The molecular formula is C36H57N6O4P. The number of nitrogens with two attached hydrogens (primary N) is 1. The Hall–Kier alpha value is -2.68. The minimum Gasteiger partial charge on any atom is -0.404 e. The fraction of sp³-hybridized carbons (Fsp3) is 0.694. The molecule has 10 nitrogen and oxygen atoms in total. The van der Waals surface area contributed by atoms with E-state index in [1.807, 2.05) is 24.5 Å². The molecule has 2 heterocycles. The van der Waals surface area contributed by atoms with Crippen LogP contribution in [0.5, 0.6) is 5.75 Å². The average molecular weight is 669 g/mol. The lowest BCUT2D eigenvalue weighted by Gasteiger charge is -2.20. The number of imidazole rings is 1. The van der Waals surface area contributed by atoms with Gasteiger partial charge in [0.25, 0.3) is 0 Å². The van der Waals surface area contributed by atoms with Gasteiger partial charge >= 0.3 is 7.82 Å². The number of para-hydroxylation sites is 1. The van der Waals surface area contributed by atoms with Crippen LogP contribution < -0.4 is 15.6 Å². The molecule has 0 amide bonds. The van der Waals surface area contributed by atoms with Gasteiger partial charge in [-0.1, -0.05) is 109 Å². The van der Waals surface area contributed by atoms with Crippen molar-refractivity contribution in [1.82, 2.24) is 19.5 Å². The molecule has 0 bridgehead atoms. The van der Waals surface area contributed by atoms with Gasteiger partial charge in [0.1, 0.15) is 5.75 Å². The van der Waals surface area contributed by atoms with Crippen LogP contribution in [0.3, 0.4) is 0 Å². The zero-order valence-corrected chi connectivity index (χ0v) is 29.4. The monoisotopic (exact) mass is 668 g/mol. The topological polar surface area (TPSA) is 126 Å². The number of benzene rings is 1. The second-order valence-corrected chi connectivity index (χ2v) is 15.2. The number of fused-ring (bicyclic) bond motifs is 1. The highest BCUT2D eigenvalue weighted by molar-refractivity contribution is 7.48. The predicted octanol–water partition coefficient (Wildman–Crippen LogP) is 10.0. The Labute approximate surface area is 281 Å². The number of aromatic nitrogens is 4. The van der Waals surface area contributed by atoms with Crippen molar-refractivity contribution in [3.8, 4) is 5.75 Å². The third kappa shape index (κ3) is 11.8. The molecule has 3 aromatic rings. The van der Waals surface area contributed by atoms with Crippen molar-refractivity contribution in [2.24, 2.45) is 5.92 Å². The lowest BCUT2D eigenvalue weighted by Crippen LogP contribution is -2.12. The Kier molecular flexibility index (Phi) is 14.2. The Morgan fingerprint density at radius 2 is 1.51 bits per heavy atom. The smallest absolute Gasteiger partial charge is 0.404 e. The standard InChI is InChI=1S/C36H57N6O4P/c1-2-3-4-5-6-7-8-9-10-11-12-13-14-18-25-44-47(43,46-32-19-16-15-17-20-32)45-27-29-21-24-31(26-29)42-28-38-33-34(39-30-22-23-30)40-36(37)41-35(33)42/h15-17,19-20,28-31H,2-14,18,21-27H2,1H3,(H3,37,39,40,41). The summed E-state index contributed by atoms with van der Waals surface area (Å²) >= 11 is 0. The number of phosphoric acid groups is 1. The van der Waals surface area contributed by atoms with Crippen LogP contribution in [0.25, 0.3) is 11.2 Å². The van der Waals surface area contributed by atoms with E-state index in [0.29, 0.717) is 30.8 Å². The van der Waals surface area contributed by atoms with Gasteiger partial charge in [0.2, 0.25) is 5.95 Å². The summed E-state index contributed by atoms with van der Waals surface area (Å²) in [5.74, 6) is 1.65. The van der Waals surface area contributed by atoms with E-state index in [2.05, 4.69) is 31.8 Å². The van der Waals surface area contributed by atoms with Crippen LogP contribution in [0, 0.1) is 5.92 Å². The lowest BCUT2D eigenvalue weighted by molar-refractivity contribution is 0.134. The van der Waals surface area contributed by atoms with E-state index in [-0.39, 0.29) is 17.9 Å². The number of hydrogen-bond donors (Lipinski definition) is 2. The first-order valence-electron chi connectivity index (χ1n) is 18.4. The molecule has 2 aliphatic rings. The molecule has 0 radical (unpaired) electrons. The number of phosphoric ester groups is 1. The van der Waals surface area contributed by atoms with Gasteiger partial charge in [0.05, 0.1) is 19.5 Å². The maximum Gasteiger partial charge on any atom is 0.530 e. The summed E-state index contributed by atoms with van der Waals surface area (Å²) in [6, 6.07) is 9.80. The number of nitrogens with one attached hydrogen (secondary N) is 1. The number of hydrogen-bond acceptors (Lipinski definition) is 9. The molecule has 0 spiro atoms. The second-order valence-electron chi connectivity index (χ2n) is 13.6. The van der Waals surface area contributed by atoms with Crippen molar-refractivity contribution in [3.05, 3.63) is 36.7 Å². The van der Waals surface area contributed by atoms with Gasteiger partial charge in [-0.3, -0.25) is 9.05 Å². The molecule has 2 fully saturated rings. The van der Waals surface area contributed by atoms with Gasteiger partial charge in [0, 0.05) is 12.1 Å². The third-order valence-corrected chi connectivity index (χ3v) is 10.8. The summed E-state index contributed by atoms with van der Waals surface area (Å²) in [5.41, 5.74) is 7.57. The van der Waals surface area contributed by atoms with Crippen molar-refractivity contribution < 1.29 is 18.1 Å². The van der Waals surface area contributed by atoms with Gasteiger partial charge in [-0.2, -0.15) is 9.97 Å². The van der Waals surface area contributed by atoms with Crippen molar-refractivity contribution in [2.75, 3.05) is 24.3 Å². The molecule has 3 N–H and O–H groups in total. The summed E-state index contributed by atoms with van der Waals surface area (Å²) < 4.78 is 33.7. The van der Waals surface area contributed by atoms with Gasteiger partial charge < -0.3 is 20.1 Å². The van der Waals surface area contributed by atoms with Gasteiger partial charge in [-0.25, -0.2) is 9.55 Å². The van der Waals surface area contributed by atoms with E-state index in [1.54, 1.807) is 12.1 Å². The van der Waals surface area contributed by atoms with E-state index >= 15 is 0 Å². The maximum atomic E-state index is 13.8. The quantitative estimate of drug-likeness (QED) is 0.0708. The van der Waals surface area contributed by atoms with Crippen molar-refractivity contribution in [3.63, 3.8) is 0 Å². The Morgan fingerprint density at radius 1 is 0.851 bits per heavy atom. The number of unbranched alkanes of at least 4 members (excludes halogenated alkanes) is 13. The molecular weight excluding hydrogens is 611 g/mol. The van der Waals surface area contributed by atoms with E-state index in [9.17, 15) is 4.57 Å². The van der Waals surface area contributed by atoms with Gasteiger partial charge in [0.15, 0.2) is 17.0 Å². The predicted molar refractivity (Wildman–Crippen MR) is 190 cm³/mol. The molecule has 2 saturated carbocycles. The highest BCUT2D eigenvalue weighted by Gasteiger charge is 2.34. The molecule has 0 aliphatic heterocycles. The fourth-order valence-corrected chi connectivity index (χ4v) is 7.85. The summed E-state index contributed by atoms with van der Waals surface area (Å²) in [7, 11) is -3.78. The highest BCUT2D eigenvalue weighted by Crippen LogP contribution is 2.51. The third-order valence-electron chi connectivity index (χ3n) is 9.44. The van der Waals surface area contributed by atoms with Crippen LogP contribution >= 0.6 is 7.82 Å². The van der Waals surface area contributed by atoms with Crippen LogP contribution in [-0.4, -0.2) is 38.8 Å². The Bertz CT molecular complexity index is 1380. The highest BCUT2D eigenvalue weighted by atomic mass is 31.2. The minimum atomic E-state index is -3.78.